The zero-order chi connectivity index (χ0) is 14.2. The van der Waals surface area contributed by atoms with E-state index in [-0.39, 0.29) is 17.8 Å². The molecule has 1 atom stereocenters. The van der Waals surface area contributed by atoms with Gasteiger partial charge in [-0.3, -0.25) is 4.79 Å². The number of hydrogen-bond acceptors (Lipinski definition) is 3. The number of unbranched alkanes of at least 4 members (excludes halogenated alkanes) is 1. The second kappa shape index (κ2) is 7.85. The van der Waals surface area contributed by atoms with Crippen LogP contribution in [0.1, 0.15) is 25.7 Å². The van der Waals surface area contributed by atoms with Crippen molar-refractivity contribution in [3.8, 4) is 5.75 Å². The van der Waals surface area contributed by atoms with Crippen LogP contribution in [-0.2, 0) is 4.79 Å². The summed E-state index contributed by atoms with van der Waals surface area (Å²) in [5.41, 5.74) is 0. The molecule has 0 spiro atoms. The fraction of sp³-hybridized carbons (Fsp3) is 0.533. The fourth-order valence-corrected chi connectivity index (χ4v) is 2.19. The lowest BCUT2D eigenvalue weighted by molar-refractivity contribution is -0.122. The van der Waals surface area contributed by atoms with Crippen molar-refractivity contribution >= 4 is 5.91 Å². The zero-order valence-corrected chi connectivity index (χ0v) is 11.5. The Balaban J connectivity index is 1.51. The third-order valence-corrected chi connectivity index (χ3v) is 3.33. The fourth-order valence-electron chi connectivity index (χ4n) is 2.19. The van der Waals surface area contributed by atoms with Crippen LogP contribution in [0, 0.1) is 5.82 Å². The molecule has 1 fully saturated rings. The van der Waals surface area contributed by atoms with Gasteiger partial charge >= 0.3 is 0 Å². The number of carbonyl (C=O) groups excluding carboxylic acids is 1. The monoisotopic (exact) mass is 280 g/mol. The Bertz CT molecular complexity index is 416. The molecule has 0 radical (unpaired) electrons. The largest absolute Gasteiger partial charge is 0.494 e. The third-order valence-electron chi connectivity index (χ3n) is 3.33. The number of halogens is 1. The van der Waals surface area contributed by atoms with E-state index in [4.69, 9.17) is 4.74 Å². The molecular formula is C15H21FN2O2. The van der Waals surface area contributed by atoms with Gasteiger partial charge in [-0.05, 0) is 56.5 Å². The Labute approximate surface area is 118 Å². The molecular weight excluding hydrogens is 259 g/mol. The van der Waals surface area contributed by atoms with E-state index < -0.39 is 0 Å². The summed E-state index contributed by atoms with van der Waals surface area (Å²) in [5, 5.41) is 6.09. The Morgan fingerprint density at radius 3 is 2.85 bits per heavy atom. The van der Waals surface area contributed by atoms with Gasteiger partial charge in [0.2, 0.25) is 5.91 Å². The number of rotatable bonds is 7. The van der Waals surface area contributed by atoms with E-state index >= 15 is 0 Å². The summed E-state index contributed by atoms with van der Waals surface area (Å²) in [4.78, 5) is 11.7. The SMILES string of the molecule is O=C(NCCCCOc1ccc(F)cc1)C1CCCN1. The molecule has 20 heavy (non-hydrogen) atoms. The maximum atomic E-state index is 12.7. The van der Waals surface area contributed by atoms with Crippen LogP contribution in [0.4, 0.5) is 4.39 Å². The average Bonchev–Trinajstić information content (AvgIpc) is 2.98. The Hall–Kier alpha value is -1.62. The normalized spacial score (nSPS) is 17.9. The number of amides is 1. The predicted molar refractivity (Wildman–Crippen MR) is 75.2 cm³/mol. The van der Waals surface area contributed by atoms with Crippen LogP contribution in [0.15, 0.2) is 24.3 Å². The van der Waals surface area contributed by atoms with Crippen LogP contribution >= 0.6 is 0 Å². The molecule has 0 saturated carbocycles. The number of benzene rings is 1. The molecule has 5 heteroatoms. The minimum absolute atomic E-state index is 0.00883. The predicted octanol–water partition coefficient (Wildman–Crippen LogP) is 1.85. The second-order valence-corrected chi connectivity index (χ2v) is 4.95. The van der Waals surface area contributed by atoms with E-state index in [0.29, 0.717) is 18.9 Å². The van der Waals surface area contributed by atoms with Crippen LogP contribution in [-0.4, -0.2) is 31.6 Å². The van der Waals surface area contributed by atoms with Crippen molar-refractivity contribution in [3.05, 3.63) is 30.1 Å². The first-order chi connectivity index (χ1) is 9.75. The smallest absolute Gasteiger partial charge is 0.237 e. The van der Waals surface area contributed by atoms with Crippen LogP contribution in [0.5, 0.6) is 5.75 Å². The van der Waals surface area contributed by atoms with Crippen LogP contribution in [0.25, 0.3) is 0 Å². The maximum absolute atomic E-state index is 12.7. The lowest BCUT2D eigenvalue weighted by atomic mass is 10.2. The lowest BCUT2D eigenvalue weighted by Crippen LogP contribution is -2.40. The zero-order valence-electron chi connectivity index (χ0n) is 11.5. The van der Waals surface area contributed by atoms with Crippen LogP contribution < -0.4 is 15.4 Å². The Kier molecular flexibility index (Phi) is 5.80. The van der Waals surface area contributed by atoms with Crippen molar-refractivity contribution in [3.63, 3.8) is 0 Å². The third kappa shape index (κ3) is 4.81. The summed E-state index contributed by atoms with van der Waals surface area (Å²) in [7, 11) is 0. The summed E-state index contributed by atoms with van der Waals surface area (Å²) >= 11 is 0. The quantitative estimate of drug-likeness (QED) is 0.750. The van der Waals surface area contributed by atoms with Crippen LogP contribution in [0.3, 0.4) is 0 Å². The molecule has 1 heterocycles. The van der Waals surface area contributed by atoms with Crippen molar-refractivity contribution in [2.24, 2.45) is 0 Å². The molecule has 0 aliphatic carbocycles. The molecule has 1 amide bonds. The molecule has 0 aromatic heterocycles. The van der Waals surface area contributed by atoms with E-state index in [1.54, 1.807) is 12.1 Å². The van der Waals surface area contributed by atoms with E-state index in [0.717, 1.165) is 32.2 Å². The number of nitrogens with one attached hydrogen (secondary N) is 2. The topological polar surface area (TPSA) is 50.4 Å². The second-order valence-electron chi connectivity index (χ2n) is 4.95. The first-order valence-electron chi connectivity index (χ1n) is 7.15. The number of hydrogen-bond donors (Lipinski definition) is 2. The minimum Gasteiger partial charge on any atom is -0.494 e. The number of ether oxygens (including phenoxy) is 1. The Morgan fingerprint density at radius 2 is 2.15 bits per heavy atom. The first-order valence-corrected chi connectivity index (χ1v) is 7.15. The van der Waals surface area contributed by atoms with Gasteiger partial charge in [0.1, 0.15) is 11.6 Å². The van der Waals surface area contributed by atoms with Crippen molar-refractivity contribution in [2.75, 3.05) is 19.7 Å². The molecule has 1 aliphatic heterocycles. The summed E-state index contributed by atoms with van der Waals surface area (Å²) in [6.45, 7) is 2.18. The first kappa shape index (κ1) is 14.8. The molecule has 2 rings (SSSR count). The molecule has 1 aromatic carbocycles. The molecule has 1 aromatic rings. The standard InChI is InChI=1S/C15H21FN2O2/c16-12-5-7-13(8-6-12)20-11-2-1-9-18-15(19)14-4-3-10-17-14/h5-8,14,17H,1-4,9-11H2,(H,18,19). The van der Waals surface area contributed by atoms with Gasteiger partial charge in [-0.25, -0.2) is 4.39 Å². The maximum Gasteiger partial charge on any atom is 0.237 e. The molecule has 1 unspecified atom stereocenters. The summed E-state index contributed by atoms with van der Waals surface area (Å²) in [6.07, 6.45) is 3.73. The molecule has 1 aliphatic rings. The van der Waals surface area contributed by atoms with Gasteiger partial charge in [0, 0.05) is 6.54 Å². The highest BCUT2D eigenvalue weighted by molar-refractivity contribution is 5.81. The van der Waals surface area contributed by atoms with Gasteiger partial charge in [-0.15, -0.1) is 0 Å². The van der Waals surface area contributed by atoms with E-state index in [1.165, 1.54) is 12.1 Å². The van der Waals surface area contributed by atoms with E-state index in [2.05, 4.69) is 10.6 Å². The summed E-state index contributed by atoms with van der Waals surface area (Å²) in [5.74, 6) is 0.508. The molecule has 4 nitrogen and oxygen atoms in total. The highest BCUT2D eigenvalue weighted by atomic mass is 19.1. The Morgan fingerprint density at radius 1 is 1.35 bits per heavy atom. The van der Waals surface area contributed by atoms with Crippen molar-refractivity contribution in [1.82, 2.24) is 10.6 Å². The van der Waals surface area contributed by atoms with E-state index in [1.807, 2.05) is 0 Å². The van der Waals surface area contributed by atoms with Gasteiger partial charge in [-0.1, -0.05) is 0 Å². The summed E-state index contributed by atoms with van der Waals surface area (Å²) in [6, 6.07) is 5.98. The van der Waals surface area contributed by atoms with Gasteiger partial charge in [0.05, 0.1) is 12.6 Å². The van der Waals surface area contributed by atoms with Crippen LogP contribution in [0.2, 0.25) is 0 Å². The molecule has 110 valence electrons. The highest BCUT2D eigenvalue weighted by Gasteiger charge is 2.20. The van der Waals surface area contributed by atoms with E-state index in [9.17, 15) is 9.18 Å². The lowest BCUT2D eigenvalue weighted by Gasteiger charge is -2.11. The number of carbonyl (C=O) groups is 1. The minimum atomic E-state index is -0.263. The molecule has 1 saturated heterocycles. The van der Waals surface area contributed by atoms with Gasteiger partial charge < -0.3 is 15.4 Å². The van der Waals surface area contributed by atoms with Crippen molar-refractivity contribution < 1.29 is 13.9 Å². The van der Waals surface area contributed by atoms with Gasteiger partial charge in [0.25, 0.3) is 0 Å². The van der Waals surface area contributed by atoms with Gasteiger partial charge in [-0.2, -0.15) is 0 Å². The van der Waals surface area contributed by atoms with Crippen molar-refractivity contribution in [1.29, 1.82) is 0 Å². The highest BCUT2D eigenvalue weighted by Crippen LogP contribution is 2.11. The molecule has 0 bridgehead atoms. The molecule has 2 N–H and O–H groups in total. The van der Waals surface area contributed by atoms with Crippen molar-refractivity contribution in [2.45, 2.75) is 31.7 Å². The average molecular weight is 280 g/mol. The summed E-state index contributed by atoms with van der Waals surface area (Å²) < 4.78 is 18.2. The van der Waals surface area contributed by atoms with Gasteiger partial charge in [0.15, 0.2) is 0 Å².